The summed E-state index contributed by atoms with van der Waals surface area (Å²) in [6.45, 7) is 25.5. The van der Waals surface area contributed by atoms with Gasteiger partial charge in [-0.1, -0.05) is 41.5 Å². The Balaban J connectivity index is 1.98. The van der Waals surface area contributed by atoms with Gasteiger partial charge >= 0.3 is 0 Å². The highest BCUT2D eigenvalue weighted by atomic mass is 16.5. The number of hydrogen-bond donors (Lipinski definition) is 1. The Bertz CT molecular complexity index is 1770. The second-order valence-corrected chi connectivity index (χ2v) is 18.1. The number of fused-ring (bicyclic) bond motifs is 3. The van der Waals surface area contributed by atoms with Gasteiger partial charge in [-0.3, -0.25) is 24.0 Å². The smallest absolute Gasteiger partial charge is 0.175 e. The number of benzene rings is 1. The van der Waals surface area contributed by atoms with Crippen molar-refractivity contribution in [3.05, 3.63) is 39.4 Å². The first kappa shape index (κ1) is 36.7. The highest BCUT2D eigenvalue weighted by Crippen LogP contribution is 2.64. The molecule has 2 aliphatic carbocycles. The maximum atomic E-state index is 14.5. The van der Waals surface area contributed by atoms with Gasteiger partial charge in [0, 0.05) is 40.5 Å². The zero-order valence-corrected chi connectivity index (χ0v) is 31.8. The van der Waals surface area contributed by atoms with E-state index in [-0.39, 0.29) is 87.4 Å². The summed E-state index contributed by atoms with van der Waals surface area (Å²) in [5.74, 6) is -2.51. The number of rotatable bonds is 7. The van der Waals surface area contributed by atoms with E-state index < -0.39 is 33.5 Å². The van der Waals surface area contributed by atoms with Crippen LogP contribution in [0.4, 0.5) is 0 Å². The van der Waals surface area contributed by atoms with Gasteiger partial charge in [-0.05, 0) is 86.0 Å². The maximum Gasteiger partial charge on any atom is 0.175 e. The summed E-state index contributed by atoms with van der Waals surface area (Å²) < 4.78 is 13.5. The number of hydrogen-bond acceptors (Lipinski definition) is 8. The Morgan fingerprint density at radius 2 is 1.00 bits per heavy atom. The van der Waals surface area contributed by atoms with Crippen molar-refractivity contribution >= 4 is 28.9 Å². The molecule has 1 aromatic rings. The predicted octanol–water partition coefficient (Wildman–Crippen LogP) is 8.58. The Labute approximate surface area is 291 Å². The van der Waals surface area contributed by atoms with Crippen LogP contribution in [-0.2, 0) is 19.2 Å². The lowest BCUT2D eigenvalue weighted by molar-refractivity contribution is -0.146. The third-order valence-corrected chi connectivity index (χ3v) is 11.1. The number of ketones is 5. The number of phenols is 1. The molecule has 4 aliphatic rings. The van der Waals surface area contributed by atoms with Crippen molar-refractivity contribution in [1.82, 2.24) is 0 Å². The number of phenolic OH excluding ortho intramolecular Hbond substituents is 1. The SMILES string of the molecule is CC(C)CC(=O)c1c(O)c2c(c3c1OC1=C(C(=O)C(C)(C)C(=O)C1(C)C)[C@@H]3CC(C)C)OC1=C(C(=O)C(C)(C)C(=O)C1(C)C)[C@@H]2CC(C)C. The van der Waals surface area contributed by atoms with Crippen LogP contribution in [-0.4, -0.2) is 34.0 Å². The van der Waals surface area contributed by atoms with Crippen molar-refractivity contribution in [3.8, 4) is 17.2 Å². The molecule has 5 rings (SSSR count). The van der Waals surface area contributed by atoms with Gasteiger partial charge < -0.3 is 14.6 Å². The summed E-state index contributed by atoms with van der Waals surface area (Å²) in [4.78, 5) is 70.9. The summed E-state index contributed by atoms with van der Waals surface area (Å²) in [7, 11) is 0. The average Bonchev–Trinajstić information content (AvgIpc) is 2.96. The number of allylic oxidation sites excluding steroid dienone is 4. The molecule has 0 amide bonds. The van der Waals surface area contributed by atoms with Crippen LogP contribution in [0.2, 0.25) is 0 Å². The van der Waals surface area contributed by atoms with Crippen molar-refractivity contribution in [2.75, 3.05) is 0 Å². The minimum atomic E-state index is -1.34. The fraction of sp³-hybridized carbons (Fsp3) is 0.634. The van der Waals surface area contributed by atoms with Crippen LogP contribution in [0.25, 0.3) is 0 Å². The normalized spacial score (nSPS) is 24.8. The van der Waals surface area contributed by atoms with Crippen molar-refractivity contribution < 1.29 is 38.6 Å². The Kier molecular flexibility index (Phi) is 8.61. The number of ether oxygens (including phenoxy) is 2. The van der Waals surface area contributed by atoms with E-state index in [1.807, 2.05) is 41.5 Å². The first-order valence-electron chi connectivity index (χ1n) is 17.8. The van der Waals surface area contributed by atoms with E-state index in [1.54, 1.807) is 55.4 Å². The van der Waals surface area contributed by atoms with E-state index >= 15 is 0 Å². The molecule has 266 valence electrons. The molecule has 2 heterocycles. The molecule has 0 bridgehead atoms. The van der Waals surface area contributed by atoms with Crippen LogP contribution in [0, 0.1) is 39.4 Å². The molecular weight excluding hydrogens is 620 g/mol. The molecule has 0 radical (unpaired) electrons. The Morgan fingerprint density at radius 1 is 0.612 bits per heavy atom. The van der Waals surface area contributed by atoms with E-state index in [9.17, 15) is 29.1 Å². The monoisotopic (exact) mass is 674 g/mol. The first-order chi connectivity index (χ1) is 22.3. The topological polar surface area (TPSA) is 124 Å². The number of carbonyl (C=O) groups is 5. The summed E-state index contributed by atoms with van der Waals surface area (Å²) in [6, 6.07) is 0. The zero-order valence-electron chi connectivity index (χ0n) is 31.8. The molecule has 2 aliphatic heterocycles. The second-order valence-electron chi connectivity index (χ2n) is 18.1. The largest absolute Gasteiger partial charge is 0.507 e. The third kappa shape index (κ3) is 5.17. The molecule has 1 N–H and O–H groups in total. The van der Waals surface area contributed by atoms with Crippen molar-refractivity contribution in [3.63, 3.8) is 0 Å². The molecule has 1 aromatic carbocycles. The van der Waals surface area contributed by atoms with Gasteiger partial charge in [0.1, 0.15) is 34.3 Å². The average molecular weight is 675 g/mol. The predicted molar refractivity (Wildman–Crippen MR) is 187 cm³/mol. The van der Waals surface area contributed by atoms with Crippen LogP contribution in [0.5, 0.6) is 17.2 Å². The Hall–Kier alpha value is -3.55. The van der Waals surface area contributed by atoms with Crippen LogP contribution < -0.4 is 9.47 Å². The fourth-order valence-electron chi connectivity index (χ4n) is 8.75. The zero-order chi connectivity index (χ0) is 37.1. The van der Waals surface area contributed by atoms with Gasteiger partial charge in [0.2, 0.25) is 0 Å². The van der Waals surface area contributed by atoms with Crippen molar-refractivity contribution in [2.24, 2.45) is 39.4 Å². The molecule has 0 spiro atoms. The number of aromatic hydroxyl groups is 1. The molecule has 0 unspecified atom stereocenters. The molecule has 0 fully saturated rings. The lowest BCUT2D eigenvalue weighted by Crippen LogP contribution is -2.52. The first-order valence-corrected chi connectivity index (χ1v) is 17.8. The Morgan fingerprint density at radius 3 is 1.39 bits per heavy atom. The molecular formula is C41H54O8. The van der Waals surface area contributed by atoms with E-state index in [0.717, 1.165) is 0 Å². The van der Waals surface area contributed by atoms with Crippen molar-refractivity contribution in [1.29, 1.82) is 0 Å². The summed E-state index contributed by atoms with van der Waals surface area (Å²) in [6.07, 6.45) is 0.992. The van der Waals surface area contributed by atoms with Gasteiger partial charge in [0.05, 0.1) is 21.7 Å². The van der Waals surface area contributed by atoms with Gasteiger partial charge in [-0.25, -0.2) is 0 Å². The third-order valence-electron chi connectivity index (χ3n) is 11.1. The lowest BCUT2D eigenvalue weighted by atomic mass is 9.58. The summed E-state index contributed by atoms with van der Waals surface area (Å²) in [5.41, 5.74) is -3.64. The maximum absolute atomic E-state index is 14.5. The van der Waals surface area contributed by atoms with Crippen LogP contribution in [0.1, 0.15) is 150 Å². The van der Waals surface area contributed by atoms with Gasteiger partial charge in [0.15, 0.2) is 28.9 Å². The summed E-state index contributed by atoms with van der Waals surface area (Å²) in [5, 5.41) is 12.4. The highest BCUT2D eigenvalue weighted by molar-refractivity contribution is 6.21. The van der Waals surface area contributed by atoms with E-state index in [0.29, 0.717) is 35.1 Å². The van der Waals surface area contributed by atoms with Crippen molar-refractivity contribution in [2.45, 2.75) is 128 Å². The molecule has 8 heteroatoms. The molecule has 0 saturated heterocycles. The van der Waals surface area contributed by atoms with E-state index in [2.05, 4.69) is 0 Å². The fourth-order valence-corrected chi connectivity index (χ4v) is 8.75. The molecule has 8 nitrogen and oxygen atoms in total. The minimum Gasteiger partial charge on any atom is -0.507 e. The van der Waals surface area contributed by atoms with Crippen LogP contribution in [0.3, 0.4) is 0 Å². The summed E-state index contributed by atoms with van der Waals surface area (Å²) >= 11 is 0. The molecule has 0 aromatic heterocycles. The highest BCUT2D eigenvalue weighted by Gasteiger charge is 2.61. The molecule has 0 saturated carbocycles. The lowest BCUT2D eigenvalue weighted by Gasteiger charge is -2.48. The molecule has 2 atom stereocenters. The van der Waals surface area contributed by atoms with E-state index in [1.165, 1.54) is 0 Å². The standard InChI is InChI=1S/C41H54O8/c1-18(2)15-21-24-29(43)28(23(42)17-20(5)6)31-25(30(24)48-34-26(21)32(44)38(7,8)36(46)40(34,11)12)22(16-19(3)4)27-33(45)39(9,10)37(47)41(13,14)35(27)49-31/h18-22,43H,15-17H2,1-14H3/t21-,22-/m1/s1. The van der Waals surface area contributed by atoms with Crippen LogP contribution >= 0.6 is 0 Å². The molecule has 49 heavy (non-hydrogen) atoms. The number of carbonyl (C=O) groups excluding carboxylic acids is 5. The number of Topliss-reactive ketones (excluding diaryl/α,β-unsaturated/α-hetero) is 5. The van der Waals surface area contributed by atoms with Crippen LogP contribution in [0.15, 0.2) is 22.7 Å². The van der Waals surface area contributed by atoms with Gasteiger partial charge in [0.25, 0.3) is 0 Å². The minimum absolute atomic E-state index is 0.0254. The van der Waals surface area contributed by atoms with Gasteiger partial charge in [-0.15, -0.1) is 0 Å². The van der Waals surface area contributed by atoms with Gasteiger partial charge in [-0.2, -0.15) is 0 Å². The van der Waals surface area contributed by atoms with E-state index in [4.69, 9.17) is 9.47 Å². The second kappa shape index (κ2) is 11.5. The quantitative estimate of drug-likeness (QED) is 0.225.